The van der Waals surface area contributed by atoms with Crippen LogP contribution in [0.25, 0.3) is 0 Å². The summed E-state index contributed by atoms with van der Waals surface area (Å²) in [6.07, 6.45) is 2.99. The van der Waals surface area contributed by atoms with Gasteiger partial charge in [-0.15, -0.1) is 0 Å². The Morgan fingerprint density at radius 1 is 1.18 bits per heavy atom. The van der Waals surface area contributed by atoms with Crippen LogP contribution < -0.4 is 0 Å². The number of carbonyl (C=O) groups is 1. The van der Waals surface area contributed by atoms with Crippen LogP contribution in [0.4, 0.5) is 5.69 Å². The van der Waals surface area contributed by atoms with E-state index in [4.69, 9.17) is 0 Å². The summed E-state index contributed by atoms with van der Waals surface area (Å²) in [5, 5.41) is 10.6. The van der Waals surface area contributed by atoms with Gasteiger partial charge in [0.15, 0.2) is 5.78 Å². The maximum absolute atomic E-state index is 12.0. The second kappa shape index (κ2) is 4.52. The van der Waals surface area contributed by atoms with Crippen molar-refractivity contribution in [2.24, 2.45) is 0 Å². The third kappa shape index (κ3) is 2.34. The quantitative estimate of drug-likeness (QED) is 0.458. The van der Waals surface area contributed by atoms with Gasteiger partial charge in [-0.05, 0) is 12.1 Å². The number of carbonyl (C=O) groups excluding carboxylic acids is 1. The Labute approximate surface area is 96.9 Å². The van der Waals surface area contributed by atoms with E-state index in [1.807, 2.05) is 0 Å². The molecule has 0 amide bonds. The molecule has 5 nitrogen and oxygen atoms in total. The molecule has 0 radical (unpaired) electrons. The molecule has 84 valence electrons. The summed E-state index contributed by atoms with van der Waals surface area (Å²) < 4.78 is 0. The molecule has 0 saturated carbocycles. The van der Waals surface area contributed by atoms with Crippen molar-refractivity contribution in [3.63, 3.8) is 0 Å². The monoisotopic (exact) mass is 228 g/mol. The Hall–Kier alpha value is -2.56. The van der Waals surface area contributed by atoms with Gasteiger partial charge in [0, 0.05) is 35.7 Å². The SMILES string of the molecule is O=C(c1cccnc1)c1cccc([N+](=O)[O-])c1. The van der Waals surface area contributed by atoms with Crippen LogP contribution in [0.15, 0.2) is 48.8 Å². The van der Waals surface area contributed by atoms with Crippen molar-refractivity contribution in [2.75, 3.05) is 0 Å². The molecule has 0 N–H and O–H groups in total. The van der Waals surface area contributed by atoms with E-state index in [2.05, 4.69) is 4.98 Å². The van der Waals surface area contributed by atoms with E-state index in [1.54, 1.807) is 24.4 Å². The number of rotatable bonds is 3. The Balaban J connectivity index is 2.38. The zero-order valence-electron chi connectivity index (χ0n) is 8.74. The minimum Gasteiger partial charge on any atom is -0.289 e. The topological polar surface area (TPSA) is 73.1 Å². The first kappa shape index (κ1) is 10.9. The number of aromatic nitrogens is 1. The molecule has 0 spiro atoms. The summed E-state index contributed by atoms with van der Waals surface area (Å²) in [5.74, 6) is -0.276. The normalized spacial score (nSPS) is 9.88. The van der Waals surface area contributed by atoms with E-state index < -0.39 is 4.92 Å². The Morgan fingerprint density at radius 3 is 2.59 bits per heavy atom. The van der Waals surface area contributed by atoms with Gasteiger partial charge in [0.25, 0.3) is 5.69 Å². The molecule has 0 bridgehead atoms. The lowest BCUT2D eigenvalue weighted by Gasteiger charge is -2.00. The van der Waals surface area contributed by atoms with Gasteiger partial charge in [-0.25, -0.2) is 0 Å². The van der Waals surface area contributed by atoms with Gasteiger partial charge >= 0.3 is 0 Å². The average molecular weight is 228 g/mol. The molecule has 0 saturated heterocycles. The number of hydrogen-bond donors (Lipinski definition) is 0. The second-order valence-electron chi connectivity index (χ2n) is 3.38. The fraction of sp³-hybridized carbons (Fsp3) is 0. The summed E-state index contributed by atoms with van der Waals surface area (Å²) in [5.41, 5.74) is 0.597. The minimum atomic E-state index is -0.528. The lowest BCUT2D eigenvalue weighted by molar-refractivity contribution is -0.384. The van der Waals surface area contributed by atoms with Gasteiger partial charge in [-0.2, -0.15) is 0 Å². The van der Waals surface area contributed by atoms with E-state index in [0.717, 1.165) is 0 Å². The van der Waals surface area contributed by atoms with Gasteiger partial charge in [0.05, 0.1) is 4.92 Å². The molecule has 17 heavy (non-hydrogen) atoms. The minimum absolute atomic E-state index is 0.0975. The summed E-state index contributed by atoms with van der Waals surface area (Å²) >= 11 is 0. The fourth-order valence-electron chi connectivity index (χ4n) is 1.42. The molecule has 0 fully saturated rings. The molecule has 0 atom stereocenters. The first-order chi connectivity index (χ1) is 8.18. The van der Waals surface area contributed by atoms with Crippen LogP contribution in [0.3, 0.4) is 0 Å². The molecule has 1 aromatic carbocycles. The van der Waals surface area contributed by atoms with Crippen LogP contribution in [0.1, 0.15) is 15.9 Å². The van der Waals surface area contributed by atoms with Crippen LogP contribution in [0.5, 0.6) is 0 Å². The van der Waals surface area contributed by atoms with Crippen molar-refractivity contribution in [3.05, 3.63) is 70.0 Å². The summed E-state index contributed by atoms with van der Waals surface area (Å²) in [6.45, 7) is 0. The van der Waals surface area contributed by atoms with E-state index in [9.17, 15) is 14.9 Å². The molecule has 2 aromatic rings. The number of hydrogen-bond acceptors (Lipinski definition) is 4. The highest BCUT2D eigenvalue weighted by Gasteiger charge is 2.12. The third-order valence-electron chi connectivity index (χ3n) is 2.24. The van der Waals surface area contributed by atoms with E-state index in [-0.39, 0.29) is 17.0 Å². The number of ketones is 1. The summed E-state index contributed by atoms with van der Waals surface area (Å²) in [6, 6.07) is 8.90. The predicted molar refractivity (Wildman–Crippen MR) is 60.8 cm³/mol. The van der Waals surface area contributed by atoms with Crippen LogP contribution >= 0.6 is 0 Å². The molecular weight excluding hydrogens is 220 g/mol. The standard InChI is InChI=1S/C12H8N2O3/c15-12(10-4-2-6-13-8-10)9-3-1-5-11(7-9)14(16)17/h1-8H. The van der Waals surface area contributed by atoms with E-state index >= 15 is 0 Å². The molecule has 0 aliphatic heterocycles. The number of benzene rings is 1. The van der Waals surface area contributed by atoms with Crippen LogP contribution in [0, 0.1) is 10.1 Å². The molecule has 0 aliphatic carbocycles. The number of nitro benzene ring substituents is 1. The summed E-state index contributed by atoms with van der Waals surface area (Å²) in [7, 11) is 0. The molecule has 2 rings (SSSR count). The number of pyridine rings is 1. The van der Waals surface area contributed by atoms with Gasteiger partial charge < -0.3 is 0 Å². The number of nitro groups is 1. The second-order valence-corrected chi connectivity index (χ2v) is 3.38. The highest BCUT2D eigenvalue weighted by molar-refractivity contribution is 6.09. The smallest absolute Gasteiger partial charge is 0.270 e. The highest BCUT2D eigenvalue weighted by Crippen LogP contribution is 2.15. The first-order valence-electron chi connectivity index (χ1n) is 4.87. The molecule has 1 aromatic heterocycles. The van der Waals surface area contributed by atoms with Crippen molar-refractivity contribution in [2.45, 2.75) is 0 Å². The average Bonchev–Trinajstić information content (AvgIpc) is 2.39. The number of nitrogens with zero attached hydrogens (tertiary/aromatic N) is 2. The van der Waals surface area contributed by atoms with Gasteiger partial charge in [0.2, 0.25) is 0 Å². The zero-order valence-corrected chi connectivity index (χ0v) is 8.74. The van der Waals surface area contributed by atoms with Crippen LogP contribution in [-0.2, 0) is 0 Å². The van der Waals surface area contributed by atoms with Crippen molar-refractivity contribution >= 4 is 11.5 Å². The van der Waals surface area contributed by atoms with E-state index in [1.165, 1.54) is 24.4 Å². The number of non-ortho nitro benzene ring substituents is 1. The van der Waals surface area contributed by atoms with Crippen molar-refractivity contribution < 1.29 is 9.72 Å². The van der Waals surface area contributed by atoms with Gasteiger partial charge in [-0.3, -0.25) is 19.9 Å². The predicted octanol–water partition coefficient (Wildman–Crippen LogP) is 2.22. The zero-order chi connectivity index (χ0) is 12.3. The highest BCUT2D eigenvalue weighted by atomic mass is 16.6. The Bertz CT molecular complexity index is 567. The summed E-state index contributed by atoms with van der Waals surface area (Å²) in [4.78, 5) is 25.9. The fourth-order valence-corrected chi connectivity index (χ4v) is 1.42. The molecule has 0 unspecified atom stereocenters. The van der Waals surface area contributed by atoms with Gasteiger partial charge in [0.1, 0.15) is 0 Å². The lowest BCUT2D eigenvalue weighted by atomic mass is 10.0. The van der Waals surface area contributed by atoms with E-state index in [0.29, 0.717) is 5.56 Å². The maximum atomic E-state index is 12.0. The van der Waals surface area contributed by atoms with Gasteiger partial charge in [-0.1, -0.05) is 12.1 Å². The third-order valence-corrected chi connectivity index (χ3v) is 2.24. The lowest BCUT2D eigenvalue weighted by Crippen LogP contribution is -2.02. The van der Waals surface area contributed by atoms with Crippen LogP contribution in [-0.4, -0.2) is 15.7 Å². The van der Waals surface area contributed by atoms with Crippen LogP contribution in [0.2, 0.25) is 0 Å². The van der Waals surface area contributed by atoms with Crippen molar-refractivity contribution in [1.29, 1.82) is 0 Å². The Morgan fingerprint density at radius 2 is 1.94 bits per heavy atom. The van der Waals surface area contributed by atoms with Crippen molar-refractivity contribution in [3.8, 4) is 0 Å². The molecule has 0 aliphatic rings. The first-order valence-corrected chi connectivity index (χ1v) is 4.87. The van der Waals surface area contributed by atoms with Crippen molar-refractivity contribution in [1.82, 2.24) is 4.98 Å². The maximum Gasteiger partial charge on any atom is 0.270 e. The molecular formula is C12H8N2O3. The molecule has 5 heteroatoms. The molecule has 1 heterocycles. The Kier molecular flexibility index (Phi) is 2.91. The largest absolute Gasteiger partial charge is 0.289 e.